The van der Waals surface area contributed by atoms with E-state index in [2.05, 4.69) is 207 Å². The topological polar surface area (TPSA) is 23.9 Å². The van der Waals surface area contributed by atoms with Crippen LogP contribution in [-0.2, 0) is 0 Å². The van der Waals surface area contributed by atoms with E-state index in [-0.39, 0.29) is 6.71 Å². The van der Waals surface area contributed by atoms with Crippen LogP contribution in [-0.4, -0.2) is 11.3 Å². The Morgan fingerprint density at radius 2 is 0.950 bits per heavy atom. The van der Waals surface area contributed by atoms with E-state index in [9.17, 15) is 0 Å². The Morgan fingerprint density at radius 1 is 0.383 bits per heavy atom. The highest BCUT2D eigenvalue weighted by molar-refractivity contribution is 7.00. The predicted molar refractivity (Wildman–Crippen MR) is 250 cm³/mol. The summed E-state index contributed by atoms with van der Waals surface area (Å²) in [5.74, 6) is 1.66. The van der Waals surface area contributed by atoms with E-state index in [4.69, 9.17) is 4.74 Å². The molecule has 9 aromatic carbocycles. The van der Waals surface area contributed by atoms with Gasteiger partial charge in [-0.3, -0.25) is 0 Å². The lowest BCUT2D eigenvalue weighted by molar-refractivity contribution is 0.477. The molecule has 1 aromatic heterocycles. The lowest BCUT2D eigenvalue weighted by Gasteiger charge is -2.41. The van der Waals surface area contributed by atoms with E-state index in [0.29, 0.717) is 0 Å². The average Bonchev–Trinajstić information content (AvgIpc) is 3.65. The largest absolute Gasteiger partial charge is 0.453 e. The molecule has 6 heteroatoms. The molecule has 3 aliphatic rings. The zero-order valence-corrected chi connectivity index (χ0v) is 32.5. The highest BCUT2D eigenvalue weighted by Gasteiger charge is 2.42. The third-order valence-corrected chi connectivity index (χ3v) is 12.5. The van der Waals surface area contributed by atoms with Gasteiger partial charge in [0.1, 0.15) is 0 Å². The first-order chi connectivity index (χ1) is 29.8. The molecule has 4 heterocycles. The number of benzene rings is 9. The molecule has 0 spiro atoms. The summed E-state index contributed by atoms with van der Waals surface area (Å²) in [5, 5.41) is 2.54. The summed E-state index contributed by atoms with van der Waals surface area (Å²) in [5.41, 5.74) is 17.4. The van der Waals surface area contributed by atoms with Crippen molar-refractivity contribution in [1.29, 1.82) is 0 Å². The van der Waals surface area contributed by atoms with E-state index in [1.54, 1.807) is 0 Å². The number of hydrogen-bond donors (Lipinski definition) is 0. The standard InChI is InChI=1S/C54H35BN4O/c1-3-17-36(18-4-1)56(38-21-15-22-39(33-38)58-47-29-11-13-31-51(47)60-52-32-14-12-30-48(52)58)40-34-49-53-50(35-40)59-45-27-9-7-23-41(45)42-24-16-26-44(54(42)59)55(53)43-25-8-10-28-46(43)57(49)37-19-5-2-6-20-37/h1-35H. The maximum absolute atomic E-state index is 6.42. The van der Waals surface area contributed by atoms with Crippen molar-refractivity contribution in [2.24, 2.45) is 0 Å². The van der Waals surface area contributed by atoms with Crippen molar-refractivity contribution in [2.45, 2.75) is 0 Å². The van der Waals surface area contributed by atoms with Crippen LogP contribution < -0.4 is 35.8 Å². The maximum atomic E-state index is 6.42. The van der Waals surface area contributed by atoms with Crippen LogP contribution in [0.25, 0.3) is 27.5 Å². The fourth-order valence-electron chi connectivity index (χ4n) is 10.1. The zero-order chi connectivity index (χ0) is 39.3. The lowest BCUT2D eigenvalue weighted by atomic mass is 9.34. The van der Waals surface area contributed by atoms with Crippen LogP contribution in [0.1, 0.15) is 0 Å². The second kappa shape index (κ2) is 12.8. The molecule has 13 rings (SSSR count). The van der Waals surface area contributed by atoms with Crippen LogP contribution in [0.15, 0.2) is 212 Å². The van der Waals surface area contributed by atoms with Crippen molar-refractivity contribution >= 4 is 96.1 Å². The van der Waals surface area contributed by atoms with Gasteiger partial charge >= 0.3 is 0 Å². The van der Waals surface area contributed by atoms with Crippen molar-refractivity contribution in [3.05, 3.63) is 212 Å². The Morgan fingerprint density at radius 3 is 1.75 bits per heavy atom. The molecule has 0 radical (unpaired) electrons. The molecule has 0 bridgehead atoms. The third-order valence-electron chi connectivity index (χ3n) is 12.5. The predicted octanol–water partition coefficient (Wildman–Crippen LogP) is 12.4. The van der Waals surface area contributed by atoms with Crippen molar-refractivity contribution in [2.75, 3.05) is 14.7 Å². The minimum Gasteiger partial charge on any atom is -0.453 e. The Kier molecular flexibility index (Phi) is 7.04. The summed E-state index contributed by atoms with van der Waals surface area (Å²) in [7, 11) is 0. The molecular weight excluding hydrogens is 731 g/mol. The monoisotopic (exact) mass is 766 g/mol. The highest BCUT2D eigenvalue weighted by atomic mass is 16.5. The van der Waals surface area contributed by atoms with Crippen LogP contribution in [0.2, 0.25) is 0 Å². The molecular formula is C54H35BN4O. The van der Waals surface area contributed by atoms with Gasteiger partial charge in [0.2, 0.25) is 0 Å². The molecule has 5 nitrogen and oxygen atoms in total. The highest BCUT2D eigenvalue weighted by Crippen LogP contribution is 2.52. The van der Waals surface area contributed by atoms with Gasteiger partial charge in [-0.2, -0.15) is 0 Å². The number of aromatic nitrogens is 1. The van der Waals surface area contributed by atoms with Crippen LogP contribution in [0.4, 0.5) is 51.2 Å². The Hall–Kier alpha value is -7.96. The van der Waals surface area contributed by atoms with Crippen molar-refractivity contribution in [3.8, 4) is 17.2 Å². The summed E-state index contributed by atoms with van der Waals surface area (Å²) in [4.78, 5) is 7.21. The first-order valence-electron chi connectivity index (χ1n) is 20.6. The minimum absolute atomic E-state index is 0.0516. The van der Waals surface area contributed by atoms with Crippen LogP contribution in [0.3, 0.4) is 0 Å². The van der Waals surface area contributed by atoms with Crippen LogP contribution >= 0.6 is 0 Å². The Bertz CT molecular complexity index is 3300. The molecule has 0 aliphatic carbocycles. The van der Waals surface area contributed by atoms with Crippen LogP contribution in [0.5, 0.6) is 11.5 Å². The molecule has 0 N–H and O–H groups in total. The van der Waals surface area contributed by atoms with Gasteiger partial charge in [0.05, 0.1) is 22.6 Å². The van der Waals surface area contributed by atoms with Crippen molar-refractivity contribution in [1.82, 2.24) is 4.57 Å². The smallest absolute Gasteiger partial charge is 0.252 e. The summed E-state index contributed by atoms with van der Waals surface area (Å²) < 4.78 is 8.96. The van der Waals surface area contributed by atoms with Crippen molar-refractivity contribution < 1.29 is 4.74 Å². The summed E-state index contributed by atoms with van der Waals surface area (Å²) in [6.45, 7) is 0.0516. The van der Waals surface area contributed by atoms with Gasteiger partial charge in [-0.15, -0.1) is 0 Å². The number of ether oxygens (including phenoxy) is 1. The van der Waals surface area contributed by atoms with Crippen molar-refractivity contribution in [3.63, 3.8) is 0 Å². The summed E-state index contributed by atoms with van der Waals surface area (Å²) in [6, 6.07) is 76.7. The lowest BCUT2D eigenvalue weighted by Crippen LogP contribution is -2.60. The molecule has 0 unspecified atom stereocenters. The summed E-state index contributed by atoms with van der Waals surface area (Å²) in [6.07, 6.45) is 0. The number of nitrogens with zero attached hydrogens (tertiary/aromatic N) is 4. The normalized spacial score (nSPS) is 13.0. The number of para-hydroxylation sites is 9. The first-order valence-corrected chi connectivity index (χ1v) is 20.6. The van der Waals surface area contributed by atoms with Gasteiger partial charge in [0.15, 0.2) is 11.5 Å². The molecule has 0 amide bonds. The fraction of sp³-hybridized carbons (Fsp3) is 0. The fourth-order valence-corrected chi connectivity index (χ4v) is 10.1. The number of fused-ring (bicyclic) bond motifs is 9. The van der Waals surface area contributed by atoms with E-state index < -0.39 is 0 Å². The molecule has 0 saturated carbocycles. The van der Waals surface area contributed by atoms with Gasteiger partial charge in [0.25, 0.3) is 6.71 Å². The second-order valence-corrected chi connectivity index (χ2v) is 15.7. The van der Waals surface area contributed by atoms with E-state index in [1.807, 2.05) is 24.3 Å². The van der Waals surface area contributed by atoms with E-state index in [0.717, 1.165) is 51.3 Å². The molecule has 60 heavy (non-hydrogen) atoms. The molecule has 280 valence electrons. The number of rotatable bonds is 5. The van der Waals surface area contributed by atoms with Crippen LogP contribution in [0, 0.1) is 0 Å². The average molecular weight is 767 g/mol. The SMILES string of the molecule is c1ccc(N(c2cccc(N3c4ccccc4Oc4ccccc43)c2)c2cc3c4c(c2)-n2c5ccccc5c5cccc(c52)B4c2ccccc2N3c2ccccc2)cc1. The Labute approximate surface area is 348 Å². The van der Waals surface area contributed by atoms with Gasteiger partial charge in [-0.05, 0) is 107 Å². The van der Waals surface area contributed by atoms with Gasteiger partial charge in [-0.1, -0.05) is 121 Å². The van der Waals surface area contributed by atoms with Gasteiger partial charge in [0, 0.05) is 56.1 Å². The second-order valence-electron chi connectivity index (χ2n) is 15.7. The molecule has 3 aliphatic heterocycles. The first kappa shape index (κ1) is 33.1. The van der Waals surface area contributed by atoms with E-state index in [1.165, 1.54) is 55.3 Å². The number of anilines is 9. The quantitative estimate of drug-likeness (QED) is 0.163. The minimum atomic E-state index is 0.0516. The van der Waals surface area contributed by atoms with E-state index >= 15 is 0 Å². The maximum Gasteiger partial charge on any atom is 0.252 e. The number of hydrogen-bond acceptors (Lipinski definition) is 4. The van der Waals surface area contributed by atoms with Gasteiger partial charge in [-0.25, -0.2) is 0 Å². The Balaban J connectivity index is 1.11. The third kappa shape index (κ3) is 4.70. The zero-order valence-electron chi connectivity index (χ0n) is 32.5. The molecule has 0 atom stereocenters. The molecule has 10 aromatic rings. The summed E-state index contributed by atoms with van der Waals surface area (Å²) >= 11 is 0. The molecule has 0 fully saturated rings. The molecule has 0 saturated heterocycles. The van der Waals surface area contributed by atoms with Gasteiger partial charge < -0.3 is 24.0 Å².